The molecule has 206 valence electrons. The molecule has 38 heavy (non-hydrogen) atoms. The van der Waals surface area contributed by atoms with Crippen molar-refractivity contribution in [2.24, 2.45) is 0 Å². The topological polar surface area (TPSA) is 162 Å². The summed E-state index contributed by atoms with van der Waals surface area (Å²) >= 11 is 0.212. The summed E-state index contributed by atoms with van der Waals surface area (Å²) in [6.07, 6.45) is -0.894. The van der Waals surface area contributed by atoms with Crippen molar-refractivity contribution in [3.8, 4) is 6.07 Å². The lowest BCUT2D eigenvalue weighted by atomic mass is 10.1. The van der Waals surface area contributed by atoms with Crippen LogP contribution < -0.4 is 9.62 Å². The van der Waals surface area contributed by atoms with Crippen LogP contribution in [0.5, 0.6) is 0 Å². The number of halogens is 2. The fourth-order valence-electron chi connectivity index (χ4n) is 4.25. The number of aromatic nitrogens is 2. The summed E-state index contributed by atoms with van der Waals surface area (Å²) in [5, 5.41) is 28.1. The number of nitriles is 1. The summed E-state index contributed by atoms with van der Waals surface area (Å²) in [4.78, 5) is 17.5. The van der Waals surface area contributed by atoms with E-state index in [0.29, 0.717) is 43.5 Å². The maximum atomic E-state index is 13.3. The van der Waals surface area contributed by atoms with Gasteiger partial charge in [0.2, 0.25) is 10.0 Å². The van der Waals surface area contributed by atoms with Crippen molar-refractivity contribution in [3.05, 3.63) is 18.3 Å². The Morgan fingerprint density at radius 1 is 1.34 bits per heavy atom. The molecule has 0 spiro atoms. The third kappa shape index (κ3) is 5.31. The van der Waals surface area contributed by atoms with Gasteiger partial charge in [-0.2, -0.15) is 15.1 Å². The van der Waals surface area contributed by atoms with Gasteiger partial charge >= 0.3 is 6.03 Å². The zero-order chi connectivity index (χ0) is 28.0. The zero-order valence-corrected chi connectivity index (χ0v) is 22.5. The molecule has 12 nitrogen and oxygen atoms in total. The first-order chi connectivity index (χ1) is 17.8. The monoisotopic (exact) mass is 569 g/mol. The SMILES string of the molecule is CC1CN(c2cc(S(=O)(=O)NC3(C#N)CC3)cc3c2cnn3C(=N)SC(=N)C(F)F)CCN1C(=O)N(C)C.[HH]. The first-order valence-electron chi connectivity index (χ1n) is 11.6. The molecule has 0 bridgehead atoms. The molecule has 2 fully saturated rings. The minimum Gasteiger partial charge on any atom is -0.367 e. The van der Waals surface area contributed by atoms with Crippen molar-refractivity contribution in [1.82, 2.24) is 24.3 Å². The number of rotatable bonds is 5. The van der Waals surface area contributed by atoms with E-state index in [4.69, 9.17) is 10.8 Å². The summed E-state index contributed by atoms with van der Waals surface area (Å²) in [7, 11) is -0.853. The van der Waals surface area contributed by atoms with Crippen LogP contribution in [0.15, 0.2) is 23.2 Å². The van der Waals surface area contributed by atoms with Gasteiger partial charge in [-0.1, -0.05) is 0 Å². The summed E-state index contributed by atoms with van der Waals surface area (Å²) < 4.78 is 55.9. The number of amides is 2. The van der Waals surface area contributed by atoms with Crippen LogP contribution in [0.25, 0.3) is 10.9 Å². The molecule has 1 aromatic carbocycles. The number of hydrogen-bond acceptors (Lipinski definition) is 9. The lowest BCUT2D eigenvalue weighted by Gasteiger charge is -2.42. The maximum absolute atomic E-state index is 13.3. The Morgan fingerprint density at radius 3 is 2.58 bits per heavy atom. The molecule has 4 rings (SSSR count). The van der Waals surface area contributed by atoms with Crippen molar-refractivity contribution in [2.75, 3.05) is 38.6 Å². The molecule has 1 aliphatic heterocycles. The predicted molar refractivity (Wildman–Crippen MR) is 142 cm³/mol. The highest BCUT2D eigenvalue weighted by Crippen LogP contribution is 2.38. The van der Waals surface area contributed by atoms with Gasteiger partial charge in [0, 0.05) is 52.3 Å². The lowest BCUT2D eigenvalue weighted by molar-refractivity contribution is 0.147. The molecule has 1 aliphatic carbocycles. The quantitative estimate of drug-likeness (QED) is 0.368. The second kappa shape index (κ2) is 10.1. The van der Waals surface area contributed by atoms with Crippen LogP contribution in [-0.2, 0) is 10.0 Å². The van der Waals surface area contributed by atoms with Crippen LogP contribution in [0.1, 0.15) is 21.2 Å². The molecule has 1 saturated heterocycles. The first-order valence-corrected chi connectivity index (χ1v) is 13.9. The van der Waals surface area contributed by atoms with Gasteiger partial charge in [-0.25, -0.2) is 26.7 Å². The smallest absolute Gasteiger partial charge is 0.319 e. The minimum absolute atomic E-state index is 0. The number of benzene rings is 1. The Hall–Kier alpha value is -3.29. The molecule has 2 heterocycles. The highest BCUT2D eigenvalue weighted by molar-refractivity contribution is 8.26. The predicted octanol–water partition coefficient (Wildman–Crippen LogP) is 2.57. The third-order valence-electron chi connectivity index (χ3n) is 6.44. The van der Waals surface area contributed by atoms with Gasteiger partial charge in [-0.3, -0.25) is 10.8 Å². The number of anilines is 1. The number of piperazine rings is 1. The van der Waals surface area contributed by atoms with E-state index in [1.807, 2.05) is 17.9 Å². The Morgan fingerprint density at radius 2 is 2.03 bits per heavy atom. The van der Waals surface area contributed by atoms with Gasteiger partial charge in [0.15, 0.2) is 5.17 Å². The normalized spacial score (nSPS) is 18.9. The number of sulfonamides is 1. The number of alkyl halides is 2. The van der Waals surface area contributed by atoms with Crippen molar-refractivity contribution in [3.63, 3.8) is 0 Å². The van der Waals surface area contributed by atoms with Crippen LogP contribution in [0.2, 0.25) is 0 Å². The van der Waals surface area contributed by atoms with E-state index in [1.54, 1.807) is 19.0 Å². The van der Waals surface area contributed by atoms with Crippen molar-refractivity contribution in [1.29, 1.82) is 16.1 Å². The molecular formula is C22H29F2N9O3S2. The molecule has 3 N–H and O–H groups in total. The van der Waals surface area contributed by atoms with Crippen LogP contribution in [-0.4, -0.2) is 96.0 Å². The summed E-state index contributed by atoms with van der Waals surface area (Å²) in [6.45, 7) is 3.01. The van der Waals surface area contributed by atoms with E-state index in [9.17, 15) is 27.3 Å². The molecule has 16 heteroatoms. The summed E-state index contributed by atoms with van der Waals surface area (Å²) in [5.41, 5.74) is -0.527. The average molecular weight is 570 g/mol. The number of nitrogens with zero attached hydrogens (tertiary/aromatic N) is 6. The van der Waals surface area contributed by atoms with Gasteiger partial charge in [-0.05, 0) is 43.7 Å². The maximum Gasteiger partial charge on any atom is 0.319 e. The highest BCUT2D eigenvalue weighted by Gasteiger charge is 2.47. The Kier molecular flexibility index (Phi) is 7.38. The van der Waals surface area contributed by atoms with E-state index in [1.165, 1.54) is 23.2 Å². The number of carbonyl (C=O) groups excluding carboxylic acids is 1. The van der Waals surface area contributed by atoms with Crippen LogP contribution in [0, 0.1) is 22.1 Å². The molecule has 0 radical (unpaired) electrons. The van der Waals surface area contributed by atoms with Crippen LogP contribution in [0.4, 0.5) is 19.3 Å². The van der Waals surface area contributed by atoms with Gasteiger partial charge in [0.05, 0.1) is 22.7 Å². The van der Waals surface area contributed by atoms with Gasteiger partial charge < -0.3 is 14.7 Å². The first kappa shape index (κ1) is 27.7. The fraction of sp³-hybridized carbons (Fsp3) is 0.500. The number of urea groups is 1. The summed E-state index contributed by atoms with van der Waals surface area (Å²) in [6, 6.07) is 4.36. The summed E-state index contributed by atoms with van der Waals surface area (Å²) in [5.74, 6) is 0. The zero-order valence-electron chi connectivity index (χ0n) is 20.9. The molecular weight excluding hydrogens is 540 g/mol. The molecule has 1 unspecified atom stereocenters. The molecule has 2 aliphatic rings. The van der Waals surface area contributed by atoms with Crippen LogP contribution >= 0.6 is 11.8 Å². The van der Waals surface area contributed by atoms with E-state index >= 15 is 0 Å². The minimum atomic E-state index is -4.18. The molecule has 1 saturated carbocycles. The number of fused-ring (bicyclic) bond motifs is 1. The largest absolute Gasteiger partial charge is 0.367 e. The second-order valence-electron chi connectivity index (χ2n) is 9.47. The third-order valence-corrected chi connectivity index (χ3v) is 8.72. The van der Waals surface area contributed by atoms with Gasteiger partial charge in [-0.15, -0.1) is 0 Å². The number of hydrogen-bond donors (Lipinski definition) is 3. The highest BCUT2D eigenvalue weighted by atomic mass is 32.2. The Balaban J connectivity index is 0.00000420. The van der Waals surface area contributed by atoms with E-state index in [-0.39, 0.29) is 35.7 Å². The Bertz CT molecular complexity index is 1450. The van der Waals surface area contributed by atoms with Crippen molar-refractivity contribution >= 4 is 54.6 Å². The van der Waals surface area contributed by atoms with Crippen molar-refractivity contribution in [2.45, 2.75) is 42.7 Å². The van der Waals surface area contributed by atoms with Gasteiger partial charge in [0.25, 0.3) is 6.43 Å². The molecule has 1 atom stereocenters. The number of thioether (sulfide) groups is 1. The number of nitrogens with one attached hydrogen (secondary N) is 3. The molecule has 2 aromatic rings. The average Bonchev–Trinajstić information content (AvgIpc) is 3.48. The number of carbonyl (C=O) groups is 1. The van der Waals surface area contributed by atoms with Crippen molar-refractivity contribution < 1.29 is 23.4 Å². The van der Waals surface area contributed by atoms with E-state index in [2.05, 4.69) is 9.82 Å². The standard InChI is InChI=1S/C22H27F2N9O3S2.H2/c1-13-11-31(6-7-32(13)21(34)30(2)3)16-8-14(38(35,36)29-22(12-25)4-5-22)9-17-15(16)10-28-33(17)20(27)37-19(26)18(23)24;/h8-10,13,18,26-27,29H,4-7,11H2,1-3H3;1H. The second-order valence-corrected chi connectivity index (χ2v) is 12.2. The van der Waals surface area contributed by atoms with E-state index in [0.717, 1.165) is 4.68 Å². The molecule has 1 aromatic heterocycles. The molecule has 2 amide bonds. The van der Waals surface area contributed by atoms with Crippen LogP contribution in [0.3, 0.4) is 0 Å². The van der Waals surface area contributed by atoms with E-state index < -0.39 is 32.2 Å². The lowest BCUT2D eigenvalue weighted by Crippen LogP contribution is -2.56. The Labute approximate surface area is 224 Å². The fourth-order valence-corrected chi connectivity index (χ4v) is 6.19. The van der Waals surface area contributed by atoms with Gasteiger partial charge in [0.1, 0.15) is 10.6 Å².